The van der Waals surface area contributed by atoms with E-state index in [0.717, 1.165) is 42.5 Å². The molecule has 0 radical (unpaired) electrons. The molecule has 134 valence electrons. The van der Waals surface area contributed by atoms with Crippen LogP contribution in [0.15, 0.2) is 42.5 Å². The number of carbonyl (C=O) groups excluding carboxylic acids is 1. The molecule has 0 aromatic heterocycles. The molecular formula is C20H26N2O3. The predicted octanol–water partition coefficient (Wildman–Crippen LogP) is 2.18. The number of aliphatic hydroxyl groups excluding tert-OH is 1. The Hall–Kier alpha value is -2.11. The molecule has 1 atom stereocenters. The second-order valence-corrected chi connectivity index (χ2v) is 6.72. The number of hydrogen-bond acceptors (Lipinski definition) is 4. The molecule has 1 fully saturated rings. The summed E-state index contributed by atoms with van der Waals surface area (Å²) in [6.45, 7) is 4.20. The van der Waals surface area contributed by atoms with E-state index >= 15 is 0 Å². The highest BCUT2D eigenvalue weighted by Crippen LogP contribution is 2.25. The summed E-state index contributed by atoms with van der Waals surface area (Å²) in [6, 6.07) is 14.3. The number of benzene rings is 2. The van der Waals surface area contributed by atoms with Gasteiger partial charge in [-0.25, -0.2) is 0 Å². The molecule has 5 heteroatoms. The molecule has 2 aromatic carbocycles. The van der Waals surface area contributed by atoms with E-state index in [1.165, 1.54) is 0 Å². The lowest BCUT2D eigenvalue weighted by Crippen LogP contribution is -2.46. The average molecular weight is 342 g/mol. The number of ether oxygens (including phenoxy) is 1. The maximum absolute atomic E-state index is 11.1. The lowest BCUT2D eigenvalue weighted by molar-refractivity contribution is -0.120. The lowest BCUT2D eigenvalue weighted by Gasteiger charge is -2.33. The van der Waals surface area contributed by atoms with E-state index in [2.05, 4.69) is 22.3 Å². The van der Waals surface area contributed by atoms with Crippen LogP contribution < -0.4 is 10.1 Å². The molecule has 1 aliphatic heterocycles. The van der Waals surface area contributed by atoms with Crippen LogP contribution >= 0.6 is 0 Å². The number of aliphatic hydroxyl groups is 1. The second-order valence-electron chi connectivity index (χ2n) is 6.72. The van der Waals surface area contributed by atoms with Gasteiger partial charge in [-0.1, -0.05) is 36.4 Å². The first-order chi connectivity index (χ1) is 12.1. The molecule has 1 amide bonds. The lowest BCUT2D eigenvalue weighted by atomic mass is 10.0. The topological polar surface area (TPSA) is 61.8 Å². The van der Waals surface area contributed by atoms with Crippen molar-refractivity contribution < 1.29 is 14.6 Å². The number of fused-ring (bicyclic) bond motifs is 1. The van der Waals surface area contributed by atoms with Gasteiger partial charge < -0.3 is 20.1 Å². The molecule has 3 rings (SSSR count). The predicted molar refractivity (Wildman–Crippen MR) is 98.7 cm³/mol. The van der Waals surface area contributed by atoms with Crippen LogP contribution in [0.1, 0.15) is 19.8 Å². The second kappa shape index (κ2) is 8.32. The highest BCUT2D eigenvalue weighted by molar-refractivity contribution is 5.88. The SMILES string of the molecule is CC(=O)NC1CCN(CC(O)COc2cccc3ccccc23)CC1. The standard InChI is InChI=1S/C20H26N2O3/c1-15(23)21-17-9-11-22(12-10-17)13-18(24)14-25-20-8-4-6-16-5-2-3-7-19(16)20/h2-8,17-18,24H,9-14H2,1H3,(H,21,23). The highest BCUT2D eigenvalue weighted by Gasteiger charge is 2.21. The molecule has 0 aliphatic carbocycles. The fourth-order valence-corrected chi connectivity index (χ4v) is 3.41. The Balaban J connectivity index is 1.47. The Bertz CT molecular complexity index is 706. The molecule has 25 heavy (non-hydrogen) atoms. The van der Waals surface area contributed by atoms with E-state index < -0.39 is 6.10 Å². The van der Waals surface area contributed by atoms with Gasteiger partial charge in [0.2, 0.25) is 5.91 Å². The van der Waals surface area contributed by atoms with Gasteiger partial charge in [0.15, 0.2) is 0 Å². The van der Waals surface area contributed by atoms with E-state index in [4.69, 9.17) is 4.74 Å². The minimum Gasteiger partial charge on any atom is -0.490 e. The molecule has 1 unspecified atom stereocenters. The van der Waals surface area contributed by atoms with Gasteiger partial charge >= 0.3 is 0 Å². The van der Waals surface area contributed by atoms with Crippen molar-refractivity contribution in [2.75, 3.05) is 26.2 Å². The van der Waals surface area contributed by atoms with Crippen molar-refractivity contribution in [3.05, 3.63) is 42.5 Å². The smallest absolute Gasteiger partial charge is 0.217 e. The Kier molecular flexibility index (Phi) is 5.89. The van der Waals surface area contributed by atoms with Crippen molar-refractivity contribution in [1.29, 1.82) is 0 Å². The number of rotatable bonds is 6. The molecule has 5 nitrogen and oxygen atoms in total. The van der Waals surface area contributed by atoms with Crippen molar-refractivity contribution in [1.82, 2.24) is 10.2 Å². The number of β-amino-alcohol motifs (C(OH)–C–C–N with tert-alkyl or cyclic N) is 1. The minimum atomic E-state index is -0.531. The van der Waals surface area contributed by atoms with Gasteiger partial charge in [-0.3, -0.25) is 4.79 Å². The van der Waals surface area contributed by atoms with Crippen molar-refractivity contribution in [2.24, 2.45) is 0 Å². The van der Waals surface area contributed by atoms with Gasteiger partial charge in [0.1, 0.15) is 18.5 Å². The average Bonchev–Trinajstić information content (AvgIpc) is 2.61. The molecule has 0 saturated carbocycles. The quantitative estimate of drug-likeness (QED) is 0.845. The van der Waals surface area contributed by atoms with Crippen LogP contribution in [0, 0.1) is 0 Å². The van der Waals surface area contributed by atoms with Crippen LogP contribution in [-0.2, 0) is 4.79 Å². The molecule has 2 aromatic rings. The largest absolute Gasteiger partial charge is 0.490 e. The molecule has 0 bridgehead atoms. The first-order valence-electron chi connectivity index (χ1n) is 8.90. The Labute approximate surface area is 148 Å². The van der Waals surface area contributed by atoms with E-state index in [1.54, 1.807) is 6.92 Å². The summed E-state index contributed by atoms with van der Waals surface area (Å²) in [5, 5.41) is 15.5. The third-order valence-electron chi connectivity index (χ3n) is 4.64. The van der Waals surface area contributed by atoms with Gasteiger partial charge in [0, 0.05) is 38.0 Å². The molecule has 1 aliphatic rings. The number of carbonyl (C=O) groups is 1. The normalized spacial score (nSPS) is 17.4. The van der Waals surface area contributed by atoms with E-state index in [9.17, 15) is 9.90 Å². The van der Waals surface area contributed by atoms with Gasteiger partial charge in [0.05, 0.1) is 0 Å². The molecule has 0 spiro atoms. The zero-order valence-corrected chi connectivity index (χ0v) is 14.6. The third kappa shape index (κ3) is 4.94. The van der Waals surface area contributed by atoms with Crippen LogP contribution in [-0.4, -0.2) is 54.3 Å². The fraction of sp³-hybridized carbons (Fsp3) is 0.450. The molecular weight excluding hydrogens is 316 g/mol. The van der Waals surface area contributed by atoms with Crippen LogP contribution in [0.25, 0.3) is 10.8 Å². The van der Waals surface area contributed by atoms with Gasteiger partial charge in [-0.2, -0.15) is 0 Å². The van der Waals surface area contributed by atoms with E-state index in [-0.39, 0.29) is 18.6 Å². The summed E-state index contributed by atoms with van der Waals surface area (Å²) < 4.78 is 5.86. The number of piperidine rings is 1. The van der Waals surface area contributed by atoms with Crippen molar-refractivity contribution in [2.45, 2.75) is 31.9 Å². The van der Waals surface area contributed by atoms with Crippen molar-refractivity contribution in [3.8, 4) is 5.75 Å². The number of nitrogens with one attached hydrogen (secondary N) is 1. The monoisotopic (exact) mass is 342 g/mol. The van der Waals surface area contributed by atoms with Gasteiger partial charge in [-0.15, -0.1) is 0 Å². The summed E-state index contributed by atoms with van der Waals surface area (Å²) in [4.78, 5) is 13.3. The number of hydrogen-bond donors (Lipinski definition) is 2. The zero-order valence-electron chi connectivity index (χ0n) is 14.6. The Morgan fingerprint density at radius 3 is 2.72 bits per heavy atom. The van der Waals surface area contributed by atoms with Gasteiger partial charge in [-0.05, 0) is 24.3 Å². The van der Waals surface area contributed by atoms with E-state index in [0.29, 0.717) is 6.54 Å². The first kappa shape index (κ1) is 17.7. The first-order valence-corrected chi connectivity index (χ1v) is 8.90. The fourth-order valence-electron chi connectivity index (χ4n) is 3.41. The Morgan fingerprint density at radius 1 is 1.24 bits per heavy atom. The zero-order chi connectivity index (χ0) is 17.6. The minimum absolute atomic E-state index is 0.0296. The number of amides is 1. The Morgan fingerprint density at radius 2 is 1.96 bits per heavy atom. The van der Waals surface area contributed by atoms with Gasteiger partial charge in [0.25, 0.3) is 0 Å². The number of nitrogens with zero attached hydrogens (tertiary/aromatic N) is 1. The van der Waals surface area contributed by atoms with E-state index in [1.807, 2.05) is 30.3 Å². The molecule has 1 heterocycles. The third-order valence-corrected chi connectivity index (χ3v) is 4.64. The van der Waals surface area contributed by atoms with Crippen LogP contribution in [0.3, 0.4) is 0 Å². The summed E-state index contributed by atoms with van der Waals surface area (Å²) in [7, 11) is 0. The van der Waals surface area contributed by atoms with Crippen LogP contribution in [0.5, 0.6) is 5.75 Å². The van der Waals surface area contributed by atoms with Crippen molar-refractivity contribution in [3.63, 3.8) is 0 Å². The van der Waals surface area contributed by atoms with Crippen molar-refractivity contribution >= 4 is 16.7 Å². The summed E-state index contributed by atoms with van der Waals surface area (Å²) in [5.41, 5.74) is 0. The molecule has 2 N–H and O–H groups in total. The summed E-state index contributed by atoms with van der Waals surface area (Å²) >= 11 is 0. The summed E-state index contributed by atoms with van der Waals surface area (Å²) in [6.07, 6.45) is 1.32. The maximum Gasteiger partial charge on any atom is 0.217 e. The molecule has 1 saturated heterocycles. The van der Waals surface area contributed by atoms with Crippen LogP contribution in [0.4, 0.5) is 0 Å². The maximum atomic E-state index is 11.1. The highest BCUT2D eigenvalue weighted by atomic mass is 16.5. The van der Waals surface area contributed by atoms with Crippen LogP contribution in [0.2, 0.25) is 0 Å². The number of likely N-dealkylation sites (tertiary alicyclic amines) is 1. The summed E-state index contributed by atoms with van der Waals surface area (Å²) in [5.74, 6) is 0.837.